The molecule has 5 aromatic rings. The summed E-state index contributed by atoms with van der Waals surface area (Å²) in [7, 11) is 3.87. The van der Waals surface area contributed by atoms with Gasteiger partial charge in [0.15, 0.2) is 0 Å². The number of aryl methyl sites for hydroxylation is 2. The van der Waals surface area contributed by atoms with Crippen LogP contribution < -0.4 is 22.3 Å². The van der Waals surface area contributed by atoms with E-state index in [1.54, 1.807) is 6.92 Å². The highest BCUT2D eigenvalue weighted by Gasteiger charge is 2.20. The Hall–Kier alpha value is -4.40. The molecule has 41 heavy (non-hydrogen) atoms. The maximum atomic E-state index is 12.7. The van der Waals surface area contributed by atoms with Gasteiger partial charge in [0, 0.05) is 32.9 Å². The average Bonchev–Trinajstić information content (AvgIpc) is 3.47. The number of ether oxygens (including phenoxy) is 1. The van der Waals surface area contributed by atoms with Gasteiger partial charge in [-0.05, 0) is 86.1 Å². The van der Waals surface area contributed by atoms with E-state index in [-0.39, 0.29) is 18.4 Å². The van der Waals surface area contributed by atoms with Crippen molar-refractivity contribution in [3.63, 3.8) is 0 Å². The normalized spacial score (nSPS) is 11.0. The Balaban J connectivity index is 0.00000387. The summed E-state index contributed by atoms with van der Waals surface area (Å²) in [6.07, 6.45) is 3.87. The minimum absolute atomic E-state index is 0. The molecule has 1 N–H and O–H groups in total. The second-order valence-electron chi connectivity index (χ2n) is 9.33. The van der Waals surface area contributed by atoms with Crippen LogP contribution in [0.15, 0.2) is 101 Å². The summed E-state index contributed by atoms with van der Waals surface area (Å²) in [5.74, 6) is 0.418. The van der Waals surface area contributed by atoms with E-state index < -0.39 is 0 Å². The summed E-state index contributed by atoms with van der Waals surface area (Å²) in [5.41, 5.74) is 6.71. The Morgan fingerprint density at radius 1 is 0.976 bits per heavy atom. The molecule has 0 aliphatic rings. The molecule has 0 fully saturated rings. The number of carbonyl (C=O) groups excluding carboxylic acids is 1. The number of hydrogen-bond donors (Lipinski definition) is 1. The zero-order valence-electron chi connectivity index (χ0n) is 23.2. The molecule has 210 valence electrons. The van der Waals surface area contributed by atoms with Crippen LogP contribution in [-0.2, 0) is 18.8 Å². The molecule has 5 rings (SSSR count). The summed E-state index contributed by atoms with van der Waals surface area (Å²) < 4.78 is 11.2. The molecule has 0 atom stereocenters. The zero-order valence-corrected chi connectivity index (χ0v) is 24.7. The van der Waals surface area contributed by atoms with Crippen molar-refractivity contribution in [2.24, 2.45) is 24.3 Å². The number of benzene rings is 3. The number of carbonyl (C=O) groups is 1. The fourth-order valence-corrected chi connectivity index (χ4v) is 4.61. The number of nitrogens with zero attached hydrogens (tertiary/aromatic N) is 5. The molecule has 0 unspecified atom stereocenters. The summed E-state index contributed by atoms with van der Waals surface area (Å²) in [4.78, 5) is 12.7. The summed E-state index contributed by atoms with van der Waals surface area (Å²) in [5, 5.41) is 12.8. The first-order valence-electron chi connectivity index (χ1n) is 12.9. The number of rotatable bonds is 8. The molecular formula is C31H30Cl2N6O2. The molecule has 0 amide bonds. The predicted molar refractivity (Wildman–Crippen MR) is 157 cm³/mol. The third kappa shape index (κ3) is 6.51. The van der Waals surface area contributed by atoms with Crippen LogP contribution in [0.2, 0.25) is 5.02 Å². The number of aromatic nitrogens is 3. The lowest BCUT2D eigenvalue weighted by atomic mass is 10.1. The molecule has 0 radical (unpaired) electrons. The van der Waals surface area contributed by atoms with Crippen molar-refractivity contribution in [1.29, 1.82) is 0 Å². The van der Waals surface area contributed by atoms with Crippen LogP contribution in [0.4, 0.5) is 23.0 Å². The van der Waals surface area contributed by atoms with Crippen molar-refractivity contribution >= 4 is 40.6 Å². The molecular weight excluding hydrogens is 559 g/mol. The lowest BCUT2D eigenvalue weighted by Gasteiger charge is -2.14. The van der Waals surface area contributed by atoms with E-state index in [2.05, 4.69) is 20.1 Å². The number of anilines is 2. The average molecular weight is 590 g/mol. The van der Waals surface area contributed by atoms with Gasteiger partial charge in [-0.2, -0.15) is 0 Å². The number of nitrogens with one attached hydrogen (secondary N) is 1. The molecule has 8 nitrogen and oxygen atoms in total. The van der Waals surface area contributed by atoms with Crippen LogP contribution in [0.1, 0.15) is 23.0 Å². The monoisotopic (exact) mass is 588 g/mol. The van der Waals surface area contributed by atoms with Gasteiger partial charge in [-0.1, -0.05) is 28.8 Å². The molecule has 2 aromatic heterocycles. The molecule has 10 heteroatoms. The first kappa shape index (κ1) is 29.6. The summed E-state index contributed by atoms with van der Waals surface area (Å²) >= 11 is 6.13. The smallest absolute Gasteiger partial charge is 0.421 e. The Morgan fingerprint density at radius 2 is 1.61 bits per heavy atom. The number of esters is 1. The molecule has 0 aliphatic heterocycles. The van der Waals surface area contributed by atoms with Gasteiger partial charge in [-0.15, -0.1) is 0 Å². The van der Waals surface area contributed by atoms with Crippen LogP contribution in [0.5, 0.6) is 0 Å². The maximum Gasteiger partial charge on any atom is 0.421 e. The van der Waals surface area contributed by atoms with Gasteiger partial charge in [0.05, 0.1) is 44.4 Å². The largest absolute Gasteiger partial charge is 1.00 e. The first-order valence-corrected chi connectivity index (χ1v) is 13.3. The molecule has 0 bridgehead atoms. The van der Waals surface area contributed by atoms with Gasteiger partial charge >= 0.3 is 11.9 Å². The highest BCUT2D eigenvalue weighted by molar-refractivity contribution is 6.30. The fraction of sp³-hybridized carbons (Fsp3) is 0.161. The van der Waals surface area contributed by atoms with Crippen LogP contribution >= 0.6 is 11.6 Å². The van der Waals surface area contributed by atoms with Gasteiger partial charge in [0.1, 0.15) is 5.69 Å². The zero-order chi connectivity index (χ0) is 28.2. The maximum absolute atomic E-state index is 12.7. The lowest BCUT2D eigenvalue weighted by molar-refractivity contribution is -0.657. The Bertz CT molecular complexity index is 1650. The topological polar surface area (TPSA) is 76.8 Å². The molecule has 2 heterocycles. The van der Waals surface area contributed by atoms with Crippen molar-refractivity contribution in [3.8, 4) is 16.9 Å². The molecule has 0 aliphatic carbocycles. The fourth-order valence-electron chi connectivity index (χ4n) is 4.49. The second-order valence-corrected chi connectivity index (χ2v) is 9.77. The Morgan fingerprint density at radius 3 is 2.20 bits per heavy atom. The minimum Gasteiger partial charge on any atom is -1.00 e. The van der Waals surface area contributed by atoms with E-state index in [1.165, 1.54) is 0 Å². The van der Waals surface area contributed by atoms with Gasteiger partial charge < -0.3 is 27.0 Å². The lowest BCUT2D eigenvalue weighted by Crippen LogP contribution is -3.00. The van der Waals surface area contributed by atoms with E-state index in [0.717, 1.165) is 45.6 Å². The molecule has 0 saturated heterocycles. The highest BCUT2D eigenvalue weighted by Crippen LogP contribution is 2.32. The van der Waals surface area contributed by atoms with Gasteiger partial charge in [-0.3, -0.25) is 0 Å². The van der Waals surface area contributed by atoms with E-state index in [9.17, 15) is 4.79 Å². The number of halogens is 2. The van der Waals surface area contributed by atoms with E-state index >= 15 is 0 Å². The number of imidazole rings is 1. The molecule has 3 aromatic carbocycles. The molecule has 0 saturated carbocycles. The van der Waals surface area contributed by atoms with E-state index in [1.807, 2.05) is 121 Å². The minimum atomic E-state index is -0.340. The predicted octanol–water partition coefficient (Wildman–Crippen LogP) is 4.61. The van der Waals surface area contributed by atoms with Gasteiger partial charge in [-0.25, -0.2) is 13.9 Å². The van der Waals surface area contributed by atoms with Gasteiger partial charge in [0.25, 0.3) is 0 Å². The van der Waals surface area contributed by atoms with Crippen molar-refractivity contribution in [3.05, 3.63) is 108 Å². The van der Waals surface area contributed by atoms with Gasteiger partial charge in [0.2, 0.25) is 0 Å². The van der Waals surface area contributed by atoms with Crippen LogP contribution in [-0.4, -0.2) is 21.7 Å². The Labute approximate surface area is 250 Å². The van der Waals surface area contributed by atoms with E-state index in [0.29, 0.717) is 17.2 Å². The van der Waals surface area contributed by atoms with Crippen molar-refractivity contribution in [2.75, 3.05) is 11.9 Å². The van der Waals surface area contributed by atoms with Crippen molar-refractivity contribution in [1.82, 2.24) is 9.13 Å². The second kappa shape index (κ2) is 12.8. The summed E-state index contributed by atoms with van der Waals surface area (Å²) in [6, 6.07) is 25.3. The number of hydrogen-bond acceptors (Lipinski definition) is 5. The van der Waals surface area contributed by atoms with Crippen LogP contribution in [0.3, 0.4) is 0 Å². The van der Waals surface area contributed by atoms with Crippen molar-refractivity contribution in [2.45, 2.75) is 13.8 Å². The van der Waals surface area contributed by atoms with Crippen LogP contribution in [0.25, 0.3) is 16.9 Å². The Kier molecular flexibility index (Phi) is 9.27. The first-order chi connectivity index (χ1) is 19.3. The van der Waals surface area contributed by atoms with Crippen molar-refractivity contribution < 1.29 is 26.5 Å². The third-order valence-electron chi connectivity index (χ3n) is 6.56. The SMILES string of the molecule is CCOC(=O)c1cc(-c2ccc(Cl)cc2)n(-c2ccc(Nc3ccc(N=Nc4n(C)cc[n+]4C)cc3)cc2)c1C.[Cl-]. The quantitative estimate of drug-likeness (QED) is 0.163. The standard InChI is InChI=1S/C31H29ClN6O2.ClH/c1-5-40-30(39)28-20-29(22-6-8-23(32)9-7-22)38(21(28)2)27-16-14-25(15-17-27)33-24-10-12-26(13-11-24)34-35-31-36(3)18-19-37(31)4;/h6-20H,5H2,1-4H3;1H. The number of azo groups is 1. The van der Waals surface area contributed by atoms with Crippen LogP contribution in [0, 0.1) is 6.92 Å². The highest BCUT2D eigenvalue weighted by atomic mass is 35.5. The van der Waals surface area contributed by atoms with E-state index in [4.69, 9.17) is 16.3 Å². The molecule has 0 spiro atoms. The summed E-state index contributed by atoms with van der Waals surface area (Å²) in [6.45, 7) is 4.04. The third-order valence-corrected chi connectivity index (χ3v) is 6.82.